The Labute approximate surface area is 128 Å². The third-order valence-corrected chi connectivity index (χ3v) is 2.85. The van der Waals surface area contributed by atoms with Gasteiger partial charge in [0.25, 0.3) is 0 Å². The second-order valence-corrected chi connectivity index (χ2v) is 5.33. The number of aromatic nitrogens is 1. The van der Waals surface area contributed by atoms with Crippen LogP contribution in [0.15, 0.2) is 18.3 Å². The Morgan fingerprint density at radius 1 is 1.43 bits per heavy atom. The van der Waals surface area contributed by atoms with Crippen LogP contribution < -0.4 is 5.32 Å². The lowest BCUT2D eigenvalue weighted by Crippen LogP contribution is -2.42. The highest BCUT2D eigenvalue weighted by Crippen LogP contribution is 2.11. The van der Waals surface area contributed by atoms with Crippen molar-refractivity contribution in [2.75, 3.05) is 7.11 Å². The molecule has 6 nitrogen and oxygen atoms in total. The van der Waals surface area contributed by atoms with Crippen molar-refractivity contribution in [1.29, 1.82) is 0 Å². The van der Waals surface area contributed by atoms with E-state index in [4.69, 9.17) is 16.3 Å². The second-order valence-electron chi connectivity index (χ2n) is 4.89. The van der Waals surface area contributed by atoms with Gasteiger partial charge in [0, 0.05) is 11.2 Å². The summed E-state index contributed by atoms with van der Waals surface area (Å²) in [7, 11) is 1.24. The summed E-state index contributed by atoms with van der Waals surface area (Å²) in [5, 5.41) is 2.98. The van der Waals surface area contributed by atoms with Crippen LogP contribution in [0.4, 0.5) is 4.79 Å². The minimum Gasteiger partial charge on any atom is -0.458 e. The lowest BCUT2D eigenvalue weighted by atomic mass is 10.0. The molecule has 116 valence electrons. The maximum Gasteiger partial charge on any atom is 0.407 e. The van der Waals surface area contributed by atoms with E-state index in [-0.39, 0.29) is 12.5 Å². The predicted octanol–water partition coefficient (Wildman–Crippen LogP) is 2.55. The summed E-state index contributed by atoms with van der Waals surface area (Å²) < 4.78 is 9.66. The van der Waals surface area contributed by atoms with Gasteiger partial charge in [0.05, 0.1) is 12.8 Å². The van der Waals surface area contributed by atoms with Crippen LogP contribution in [0, 0.1) is 5.92 Å². The molecule has 0 bridgehead atoms. The van der Waals surface area contributed by atoms with Gasteiger partial charge in [-0.2, -0.15) is 0 Å². The highest BCUT2D eigenvalue weighted by molar-refractivity contribution is 6.30. The minimum atomic E-state index is -0.753. The maximum atomic E-state index is 12.0. The molecule has 0 aliphatic carbocycles. The molecule has 21 heavy (non-hydrogen) atoms. The average Bonchev–Trinajstić information content (AvgIpc) is 2.43. The van der Waals surface area contributed by atoms with E-state index in [1.807, 2.05) is 13.8 Å². The molecule has 1 N–H and O–H groups in total. The van der Waals surface area contributed by atoms with Crippen molar-refractivity contribution in [3.8, 4) is 0 Å². The Hall–Kier alpha value is -1.82. The Balaban J connectivity index is 2.61. The number of esters is 1. The minimum absolute atomic E-state index is 0.00313. The zero-order valence-corrected chi connectivity index (χ0v) is 13.0. The molecular weight excluding hydrogens is 296 g/mol. The molecular formula is C14H19ClN2O4. The number of nitrogens with zero attached hydrogens (tertiary/aromatic N) is 1. The van der Waals surface area contributed by atoms with Gasteiger partial charge in [-0.15, -0.1) is 0 Å². The fraction of sp³-hybridized carbons (Fsp3) is 0.500. The molecule has 1 rings (SSSR count). The van der Waals surface area contributed by atoms with Gasteiger partial charge in [-0.3, -0.25) is 4.98 Å². The molecule has 0 saturated heterocycles. The van der Waals surface area contributed by atoms with Crippen molar-refractivity contribution in [3.63, 3.8) is 0 Å². The number of carbonyl (C=O) groups is 2. The van der Waals surface area contributed by atoms with Crippen LogP contribution in [0.2, 0.25) is 5.02 Å². The third kappa shape index (κ3) is 6.44. The summed E-state index contributed by atoms with van der Waals surface area (Å²) in [6, 6.07) is 2.49. The molecule has 1 aromatic heterocycles. The first-order valence-electron chi connectivity index (χ1n) is 6.54. The van der Waals surface area contributed by atoms with Gasteiger partial charge in [0.2, 0.25) is 0 Å². The zero-order chi connectivity index (χ0) is 15.8. The standard InChI is InChI=1S/C14H19ClN2O4/c1-9(2)6-12(17-14(19)20-3)13(18)21-8-11-7-10(15)4-5-16-11/h4-5,7,9,12H,6,8H2,1-3H3,(H,17,19). The van der Waals surface area contributed by atoms with E-state index in [9.17, 15) is 9.59 Å². The summed E-state index contributed by atoms with van der Waals surface area (Å²) in [5.74, 6) is -0.320. The van der Waals surface area contributed by atoms with Gasteiger partial charge < -0.3 is 14.8 Å². The van der Waals surface area contributed by atoms with E-state index in [2.05, 4.69) is 15.0 Å². The first-order chi connectivity index (χ1) is 9.92. The van der Waals surface area contributed by atoms with Gasteiger partial charge in [0.1, 0.15) is 12.6 Å². The zero-order valence-electron chi connectivity index (χ0n) is 12.3. The number of halogens is 1. The first kappa shape index (κ1) is 17.2. The fourth-order valence-electron chi connectivity index (χ4n) is 1.66. The highest BCUT2D eigenvalue weighted by atomic mass is 35.5. The number of pyridine rings is 1. The molecule has 0 radical (unpaired) electrons. The first-order valence-corrected chi connectivity index (χ1v) is 6.91. The Kier molecular flexibility index (Phi) is 6.94. The molecule has 0 aliphatic heterocycles. The summed E-state index contributed by atoms with van der Waals surface area (Å²) in [6.07, 6.45) is 1.32. The molecule has 0 saturated carbocycles. The summed E-state index contributed by atoms with van der Waals surface area (Å²) in [4.78, 5) is 27.3. The lowest BCUT2D eigenvalue weighted by molar-refractivity contribution is -0.147. The van der Waals surface area contributed by atoms with Gasteiger partial charge >= 0.3 is 12.1 Å². The van der Waals surface area contributed by atoms with Crippen LogP contribution in [-0.4, -0.2) is 30.2 Å². The molecule has 1 aromatic rings. The van der Waals surface area contributed by atoms with Gasteiger partial charge in [-0.25, -0.2) is 9.59 Å². The number of carbonyl (C=O) groups excluding carboxylic acids is 2. The van der Waals surface area contributed by atoms with Gasteiger partial charge in [-0.05, 0) is 24.5 Å². The molecule has 1 atom stereocenters. The normalized spacial score (nSPS) is 11.9. The van der Waals surface area contributed by atoms with Crippen LogP contribution in [-0.2, 0) is 20.9 Å². The average molecular weight is 315 g/mol. The van der Waals surface area contributed by atoms with Crippen molar-refractivity contribution in [2.24, 2.45) is 5.92 Å². The summed E-state index contributed by atoms with van der Waals surface area (Å²) in [5.41, 5.74) is 0.539. The number of hydrogen-bond acceptors (Lipinski definition) is 5. The Bertz CT molecular complexity index is 494. The quantitative estimate of drug-likeness (QED) is 0.816. The van der Waals surface area contributed by atoms with E-state index >= 15 is 0 Å². The van der Waals surface area contributed by atoms with E-state index < -0.39 is 18.1 Å². The molecule has 1 heterocycles. The van der Waals surface area contributed by atoms with E-state index in [0.717, 1.165) is 0 Å². The molecule has 0 aromatic carbocycles. The smallest absolute Gasteiger partial charge is 0.407 e. The number of methoxy groups -OCH3 is 1. The highest BCUT2D eigenvalue weighted by Gasteiger charge is 2.23. The summed E-state index contributed by atoms with van der Waals surface area (Å²) in [6.45, 7) is 3.88. The largest absolute Gasteiger partial charge is 0.458 e. The van der Waals surface area contributed by atoms with Crippen molar-refractivity contribution in [1.82, 2.24) is 10.3 Å². The van der Waals surface area contributed by atoms with E-state index in [0.29, 0.717) is 17.1 Å². The number of ether oxygens (including phenoxy) is 2. The predicted molar refractivity (Wildman–Crippen MR) is 77.8 cm³/mol. The number of rotatable bonds is 6. The lowest BCUT2D eigenvalue weighted by Gasteiger charge is -2.18. The van der Waals surface area contributed by atoms with Crippen LogP contribution in [0.3, 0.4) is 0 Å². The molecule has 0 fully saturated rings. The fourth-order valence-corrected chi connectivity index (χ4v) is 1.84. The van der Waals surface area contributed by atoms with Crippen LogP contribution in [0.5, 0.6) is 0 Å². The number of alkyl carbamates (subject to hydrolysis) is 1. The van der Waals surface area contributed by atoms with E-state index in [1.165, 1.54) is 13.3 Å². The third-order valence-electron chi connectivity index (χ3n) is 2.61. The van der Waals surface area contributed by atoms with Crippen molar-refractivity contribution < 1.29 is 19.1 Å². The molecule has 7 heteroatoms. The van der Waals surface area contributed by atoms with Gasteiger partial charge in [0.15, 0.2) is 0 Å². The topological polar surface area (TPSA) is 77.5 Å². The van der Waals surface area contributed by atoms with Gasteiger partial charge in [-0.1, -0.05) is 25.4 Å². The van der Waals surface area contributed by atoms with Crippen molar-refractivity contribution in [3.05, 3.63) is 29.0 Å². The van der Waals surface area contributed by atoms with E-state index in [1.54, 1.807) is 12.1 Å². The number of hydrogen-bond donors (Lipinski definition) is 1. The van der Waals surface area contributed by atoms with Crippen LogP contribution in [0.25, 0.3) is 0 Å². The molecule has 1 amide bonds. The Morgan fingerprint density at radius 3 is 2.71 bits per heavy atom. The van der Waals surface area contributed by atoms with Crippen molar-refractivity contribution >= 4 is 23.7 Å². The number of amides is 1. The SMILES string of the molecule is COC(=O)NC(CC(C)C)C(=O)OCc1cc(Cl)ccn1. The molecule has 0 spiro atoms. The Morgan fingerprint density at radius 2 is 2.14 bits per heavy atom. The second kappa shape index (κ2) is 8.46. The van der Waals surface area contributed by atoms with Crippen molar-refractivity contribution in [2.45, 2.75) is 32.9 Å². The van der Waals surface area contributed by atoms with Crippen LogP contribution in [0.1, 0.15) is 26.0 Å². The summed E-state index contributed by atoms with van der Waals surface area (Å²) >= 11 is 5.83. The monoisotopic (exact) mass is 314 g/mol. The molecule has 1 unspecified atom stereocenters. The molecule has 0 aliphatic rings. The van der Waals surface area contributed by atoms with Crippen LogP contribution >= 0.6 is 11.6 Å². The maximum absolute atomic E-state index is 12.0. The number of nitrogens with one attached hydrogen (secondary N) is 1.